The highest BCUT2D eigenvalue weighted by molar-refractivity contribution is 5.46. The highest BCUT2D eigenvalue weighted by Gasteiger charge is 2.20. The molecule has 2 aromatic rings. The molecule has 0 aliphatic heterocycles. The molecule has 0 bridgehead atoms. The Labute approximate surface area is 186 Å². The van der Waals surface area contributed by atoms with E-state index in [1.807, 2.05) is 0 Å². The average Bonchev–Trinajstić information content (AvgIpc) is 2.74. The van der Waals surface area contributed by atoms with Crippen LogP contribution >= 0.6 is 0 Å². The van der Waals surface area contributed by atoms with Gasteiger partial charge in [0.1, 0.15) is 11.6 Å². The van der Waals surface area contributed by atoms with Crippen LogP contribution in [0, 0.1) is 41.1 Å². The van der Waals surface area contributed by atoms with Gasteiger partial charge in [-0.25, -0.2) is 13.2 Å². The quantitative estimate of drug-likeness (QED) is 0.311. The summed E-state index contributed by atoms with van der Waals surface area (Å²) in [5, 5.41) is 0. The fraction of sp³-hybridized carbons (Fsp3) is 0.462. The number of benzene rings is 2. The highest BCUT2D eigenvalue weighted by atomic mass is 19.3. The van der Waals surface area contributed by atoms with Gasteiger partial charge in [0.05, 0.1) is 5.56 Å². The maximum Gasteiger partial charge on any atom is 0.387 e. The van der Waals surface area contributed by atoms with Crippen molar-refractivity contribution in [1.29, 1.82) is 0 Å². The van der Waals surface area contributed by atoms with Crippen LogP contribution in [0.4, 0.5) is 22.0 Å². The predicted octanol–water partition coefficient (Wildman–Crippen LogP) is 7.64. The van der Waals surface area contributed by atoms with E-state index in [0.717, 1.165) is 24.5 Å². The molecule has 0 amide bonds. The number of halogens is 5. The first-order valence-corrected chi connectivity index (χ1v) is 11.1. The van der Waals surface area contributed by atoms with Crippen molar-refractivity contribution in [3.63, 3.8) is 0 Å². The van der Waals surface area contributed by atoms with Gasteiger partial charge in [-0.15, -0.1) is 0 Å². The molecule has 1 nitrogen and oxygen atoms in total. The SMILES string of the molecule is CCCC1CCC(CCc2cc(F)c(C#Cc3ccc(OC(F)F)c(F)c3)c(F)c2)CC1. The molecule has 172 valence electrons. The first kappa shape index (κ1) is 24.1. The minimum atomic E-state index is -3.15. The summed E-state index contributed by atoms with van der Waals surface area (Å²) in [4.78, 5) is 0. The fourth-order valence-electron chi connectivity index (χ4n) is 4.38. The molecule has 0 unspecified atom stereocenters. The molecule has 0 radical (unpaired) electrons. The Bertz CT molecular complexity index is 945. The van der Waals surface area contributed by atoms with E-state index < -0.39 is 35.4 Å². The average molecular weight is 450 g/mol. The number of hydrogen-bond acceptors (Lipinski definition) is 1. The normalized spacial score (nSPS) is 18.3. The summed E-state index contributed by atoms with van der Waals surface area (Å²) in [6.45, 7) is -0.942. The van der Waals surface area contributed by atoms with Crippen LogP contribution in [-0.4, -0.2) is 6.61 Å². The summed E-state index contributed by atoms with van der Waals surface area (Å²) in [6.07, 6.45) is 8.86. The Morgan fingerprint density at radius 1 is 0.875 bits per heavy atom. The van der Waals surface area contributed by atoms with Crippen LogP contribution in [0.1, 0.15) is 68.6 Å². The van der Waals surface area contributed by atoms with Crippen molar-refractivity contribution in [3.05, 3.63) is 64.5 Å². The van der Waals surface area contributed by atoms with E-state index in [-0.39, 0.29) is 5.56 Å². The molecule has 0 atom stereocenters. The molecular weight excluding hydrogens is 423 g/mol. The van der Waals surface area contributed by atoms with Crippen LogP contribution in [0.3, 0.4) is 0 Å². The van der Waals surface area contributed by atoms with E-state index in [4.69, 9.17) is 0 Å². The Balaban J connectivity index is 1.62. The van der Waals surface area contributed by atoms with E-state index >= 15 is 0 Å². The van der Waals surface area contributed by atoms with Gasteiger partial charge in [0, 0.05) is 5.56 Å². The summed E-state index contributed by atoms with van der Waals surface area (Å²) in [5.74, 6) is 3.09. The second kappa shape index (κ2) is 11.4. The minimum absolute atomic E-state index is 0.0886. The van der Waals surface area contributed by atoms with Gasteiger partial charge in [-0.1, -0.05) is 57.3 Å². The van der Waals surface area contributed by atoms with Crippen molar-refractivity contribution in [1.82, 2.24) is 0 Å². The fourth-order valence-corrected chi connectivity index (χ4v) is 4.38. The zero-order chi connectivity index (χ0) is 23.1. The second-order valence-corrected chi connectivity index (χ2v) is 8.42. The second-order valence-electron chi connectivity index (χ2n) is 8.42. The van der Waals surface area contributed by atoms with Crippen LogP contribution in [-0.2, 0) is 6.42 Å². The number of rotatable bonds is 7. The molecular formula is C26H27F5O. The molecule has 1 saturated carbocycles. The first-order valence-electron chi connectivity index (χ1n) is 11.1. The van der Waals surface area contributed by atoms with Crippen LogP contribution in [0.5, 0.6) is 5.75 Å². The molecule has 0 saturated heterocycles. The summed E-state index contributed by atoms with van der Waals surface area (Å²) >= 11 is 0. The van der Waals surface area contributed by atoms with E-state index in [9.17, 15) is 22.0 Å². The van der Waals surface area contributed by atoms with Crippen LogP contribution in [0.15, 0.2) is 30.3 Å². The summed E-state index contributed by atoms with van der Waals surface area (Å²) < 4.78 is 71.1. The van der Waals surface area contributed by atoms with Gasteiger partial charge in [0.25, 0.3) is 0 Å². The molecule has 0 heterocycles. The van der Waals surface area contributed by atoms with E-state index in [2.05, 4.69) is 23.5 Å². The molecule has 1 fully saturated rings. The standard InChI is InChI=1S/C26H27F5O/c1-2-3-17-4-6-18(7-5-17)8-9-20-15-22(27)21(23(28)16-20)12-10-19-11-13-25(24(29)14-19)32-26(30)31/h11,13-18,26H,2-9H2,1H3. The van der Waals surface area contributed by atoms with Crippen molar-refractivity contribution in [2.75, 3.05) is 0 Å². The van der Waals surface area contributed by atoms with Crippen molar-refractivity contribution in [2.24, 2.45) is 11.8 Å². The van der Waals surface area contributed by atoms with E-state index in [0.29, 0.717) is 17.9 Å². The van der Waals surface area contributed by atoms with Gasteiger partial charge in [0.2, 0.25) is 0 Å². The topological polar surface area (TPSA) is 9.23 Å². The predicted molar refractivity (Wildman–Crippen MR) is 114 cm³/mol. The number of alkyl halides is 2. The van der Waals surface area contributed by atoms with E-state index in [1.165, 1.54) is 56.7 Å². The lowest BCUT2D eigenvalue weighted by atomic mass is 9.78. The van der Waals surface area contributed by atoms with Crippen molar-refractivity contribution >= 4 is 0 Å². The van der Waals surface area contributed by atoms with E-state index in [1.54, 1.807) is 0 Å². The Kier molecular flexibility index (Phi) is 8.55. The number of hydrogen-bond donors (Lipinski definition) is 0. The Hall–Kier alpha value is -2.55. The lowest BCUT2D eigenvalue weighted by Gasteiger charge is -2.28. The molecule has 0 N–H and O–H groups in total. The molecule has 1 aliphatic rings. The zero-order valence-electron chi connectivity index (χ0n) is 18.1. The molecule has 0 spiro atoms. The maximum absolute atomic E-state index is 14.5. The molecule has 1 aliphatic carbocycles. The monoisotopic (exact) mass is 450 g/mol. The molecule has 6 heteroatoms. The van der Waals surface area contributed by atoms with Crippen molar-refractivity contribution < 1.29 is 26.7 Å². The third kappa shape index (κ3) is 6.72. The number of ether oxygens (including phenoxy) is 1. The minimum Gasteiger partial charge on any atom is -0.432 e. The highest BCUT2D eigenvalue weighted by Crippen LogP contribution is 2.34. The van der Waals surface area contributed by atoms with Crippen LogP contribution in [0.2, 0.25) is 0 Å². The molecule has 0 aromatic heterocycles. The third-order valence-electron chi connectivity index (χ3n) is 6.09. The zero-order valence-corrected chi connectivity index (χ0v) is 18.1. The largest absolute Gasteiger partial charge is 0.432 e. The third-order valence-corrected chi connectivity index (χ3v) is 6.09. The van der Waals surface area contributed by atoms with Crippen LogP contribution < -0.4 is 4.74 Å². The van der Waals surface area contributed by atoms with Crippen molar-refractivity contribution in [2.45, 2.75) is 64.9 Å². The van der Waals surface area contributed by atoms with Gasteiger partial charge in [-0.05, 0) is 60.6 Å². The van der Waals surface area contributed by atoms with Gasteiger partial charge in [0.15, 0.2) is 11.6 Å². The van der Waals surface area contributed by atoms with Crippen molar-refractivity contribution in [3.8, 4) is 17.6 Å². The molecule has 2 aromatic carbocycles. The van der Waals surface area contributed by atoms with Gasteiger partial charge in [-0.3, -0.25) is 0 Å². The molecule has 32 heavy (non-hydrogen) atoms. The molecule has 3 rings (SSSR count). The summed E-state index contributed by atoms with van der Waals surface area (Å²) in [5.41, 5.74) is 0.286. The summed E-state index contributed by atoms with van der Waals surface area (Å²) in [6, 6.07) is 5.72. The first-order chi connectivity index (χ1) is 15.4. The smallest absolute Gasteiger partial charge is 0.387 e. The van der Waals surface area contributed by atoms with Crippen LogP contribution in [0.25, 0.3) is 0 Å². The lowest BCUT2D eigenvalue weighted by molar-refractivity contribution is -0.0521. The van der Waals surface area contributed by atoms with Gasteiger partial charge in [-0.2, -0.15) is 8.78 Å². The maximum atomic E-state index is 14.5. The van der Waals surface area contributed by atoms with Gasteiger partial charge < -0.3 is 4.74 Å². The summed E-state index contributed by atoms with van der Waals surface area (Å²) in [7, 11) is 0. The van der Waals surface area contributed by atoms with Gasteiger partial charge >= 0.3 is 6.61 Å². The lowest BCUT2D eigenvalue weighted by Crippen LogP contribution is -2.15. The Morgan fingerprint density at radius 2 is 1.50 bits per heavy atom. The Morgan fingerprint density at radius 3 is 2.06 bits per heavy atom. The number of aryl methyl sites for hydroxylation is 1.